The van der Waals surface area contributed by atoms with Crippen LogP contribution >= 0.6 is 11.6 Å². The minimum absolute atomic E-state index is 0.0606. The van der Waals surface area contributed by atoms with Gasteiger partial charge in [0.15, 0.2) is 0 Å². The van der Waals surface area contributed by atoms with Crippen LogP contribution in [0.1, 0.15) is 21.5 Å². The van der Waals surface area contributed by atoms with E-state index in [1.165, 1.54) is 16.4 Å². The highest BCUT2D eigenvalue weighted by Crippen LogP contribution is 2.26. The van der Waals surface area contributed by atoms with Gasteiger partial charge in [-0.1, -0.05) is 35.9 Å². The van der Waals surface area contributed by atoms with Gasteiger partial charge < -0.3 is 5.32 Å². The number of anilines is 2. The number of nitrogens with one attached hydrogen (secondary N) is 1. The number of sulfonamides is 1. The van der Waals surface area contributed by atoms with Gasteiger partial charge in [0.2, 0.25) is 10.0 Å². The molecule has 0 bridgehead atoms. The number of nitro groups is 1. The number of rotatable bonds is 7. The summed E-state index contributed by atoms with van der Waals surface area (Å²) in [6.45, 7) is 1.62. The second-order valence-electron chi connectivity index (χ2n) is 7.11. The molecular formula is C22H20ClN3O5S. The predicted molar refractivity (Wildman–Crippen MR) is 125 cm³/mol. The van der Waals surface area contributed by atoms with Crippen LogP contribution in [0.4, 0.5) is 17.1 Å². The lowest BCUT2D eigenvalue weighted by Crippen LogP contribution is -2.29. The molecular weight excluding hydrogens is 454 g/mol. The monoisotopic (exact) mass is 473 g/mol. The van der Waals surface area contributed by atoms with Gasteiger partial charge in [-0.3, -0.25) is 19.2 Å². The Hall–Kier alpha value is -3.43. The Labute approximate surface area is 190 Å². The lowest BCUT2D eigenvalue weighted by atomic mass is 10.1. The largest absolute Gasteiger partial charge is 0.321 e. The van der Waals surface area contributed by atoms with E-state index in [2.05, 4.69) is 5.32 Å². The third-order valence-corrected chi connectivity index (χ3v) is 6.16. The molecule has 3 aromatic rings. The minimum atomic E-state index is -3.58. The van der Waals surface area contributed by atoms with E-state index in [9.17, 15) is 23.3 Å². The molecule has 0 fully saturated rings. The van der Waals surface area contributed by atoms with Crippen LogP contribution in [0.3, 0.4) is 0 Å². The zero-order valence-electron chi connectivity index (χ0n) is 17.3. The summed E-state index contributed by atoms with van der Waals surface area (Å²) >= 11 is 6.00. The van der Waals surface area contributed by atoms with Crippen molar-refractivity contribution in [2.24, 2.45) is 0 Å². The van der Waals surface area contributed by atoms with Crippen LogP contribution < -0.4 is 9.62 Å². The maximum Gasteiger partial charge on any atom is 0.274 e. The molecule has 0 aliphatic heterocycles. The minimum Gasteiger partial charge on any atom is -0.321 e. The lowest BCUT2D eigenvalue weighted by molar-refractivity contribution is -0.385. The number of benzene rings is 3. The smallest absolute Gasteiger partial charge is 0.274 e. The molecule has 0 heterocycles. The number of carbonyl (C=O) groups is 1. The van der Waals surface area contributed by atoms with E-state index in [-0.39, 0.29) is 12.2 Å². The van der Waals surface area contributed by atoms with Crippen LogP contribution in [-0.2, 0) is 16.6 Å². The average molecular weight is 474 g/mol. The molecule has 0 saturated heterocycles. The zero-order valence-corrected chi connectivity index (χ0v) is 18.9. The highest BCUT2D eigenvalue weighted by atomic mass is 35.5. The fraction of sp³-hybridized carbons (Fsp3) is 0.136. The fourth-order valence-electron chi connectivity index (χ4n) is 3.11. The summed E-state index contributed by atoms with van der Waals surface area (Å²) in [5.41, 5.74) is 2.04. The average Bonchev–Trinajstić information content (AvgIpc) is 2.72. The van der Waals surface area contributed by atoms with E-state index < -0.39 is 20.9 Å². The van der Waals surface area contributed by atoms with Gasteiger partial charge in [-0.05, 0) is 48.9 Å². The highest BCUT2D eigenvalue weighted by Gasteiger charge is 2.19. The summed E-state index contributed by atoms with van der Waals surface area (Å²) in [6, 6.07) is 17.4. The molecule has 1 amide bonds. The van der Waals surface area contributed by atoms with Gasteiger partial charge >= 0.3 is 0 Å². The van der Waals surface area contributed by atoms with Crippen molar-refractivity contribution in [2.75, 3.05) is 15.9 Å². The summed E-state index contributed by atoms with van der Waals surface area (Å²) in [7, 11) is -3.58. The summed E-state index contributed by atoms with van der Waals surface area (Å²) in [6.07, 6.45) is 1.11. The van der Waals surface area contributed by atoms with Crippen molar-refractivity contribution < 1.29 is 18.1 Å². The maximum atomic E-state index is 12.6. The third kappa shape index (κ3) is 5.43. The van der Waals surface area contributed by atoms with E-state index >= 15 is 0 Å². The molecule has 3 rings (SSSR count). The molecule has 10 heteroatoms. The Morgan fingerprint density at radius 2 is 1.75 bits per heavy atom. The van der Waals surface area contributed by atoms with Crippen LogP contribution in [0.5, 0.6) is 0 Å². The third-order valence-electron chi connectivity index (χ3n) is 4.79. The molecule has 1 N–H and O–H groups in total. The van der Waals surface area contributed by atoms with Crippen LogP contribution in [0.2, 0.25) is 5.02 Å². The molecule has 0 aliphatic rings. The quantitative estimate of drug-likeness (QED) is 0.392. The first-order chi connectivity index (χ1) is 15.1. The molecule has 0 aromatic heterocycles. The van der Waals surface area contributed by atoms with Gasteiger partial charge in [-0.15, -0.1) is 0 Å². The molecule has 0 aliphatic carbocycles. The number of nitrogens with zero attached hydrogens (tertiary/aromatic N) is 2. The number of carbonyl (C=O) groups excluding carboxylic acids is 1. The van der Waals surface area contributed by atoms with Crippen molar-refractivity contribution in [1.82, 2.24) is 0 Å². The fourth-order valence-corrected chi connectivity index (χ4v) is 4.17. The van der Waals surface area contributed by atoms with E-state index in [0.29, 0.717) is 33.1 Å². The van der Waals surface area contributed by atoms with E-state index in [4.69, 9.17) is 11.6 Å². The van der Waals surface area contributed by atoms with Gasteiger partial charge in [0, 0.05) is 16.7 Å². The van der Waals surface area contributed by atoms with Crippen molar-refractivity contribution in [3.8, 4) is 0 Å². The second-order valence-corrected chi connectivity index (χ2v) is 9.45. The maximum absolute atomic E-state index is 12.6. The van der Waals surface area contributed by atoms with Gasteiger partial charge in [0.05, 0.1) is 34.7 Å². The molecule has 166 valence electrons. The molecule has 0 unspecified atom stereocenters. The Bertz CT molecular complexity index is 1280. The Balaban J connectivity index is 1.79. The predicted octanol–water partition coefficient (Wildman–Crippen LogP) is 4.78. The van der Waals surface area contributed by atoms with Gasteiger partial charge in [0.1, 0.15) is 0 Å². The SMILES string of the molecule is Cc1c(NC(=O)c2ccc(CN(c3cccc(Cl)c3)S(C)(=O)=O)cc2)cccc1[N+](=O)[O-]. The molecule has 0 saturated carbocycles. The standard InChI is InChI=1S/C22H20ClN3O5S/c1-15-20(7-4-8-21(15)26(28)29)24-22(27)17-11-9-16(10-12-17)14-25(32(2,30)31)19-6-3-5-18(23)13-19/h3-13H,14H2,1-2H3,(H,24,27). The van der Waals surface area contributed by atoms with Crippen LogP contribution in [0, 0.1) is 17.0 Å². The number of hydrogen-bond donors (Lipinski definition) is 1. The van der Waals surface area contributed by atoms with E-state index in [1.54, 1.807) is 61.5 Å². The number of halogens is 1. The first-order valence-electron chi connectivity index (χ1n) is 9.44. The summed E-state index contributed by atoms with van der Waals surface area (Å²) < 4.78 is 25.8. The first-order valence-corrected chi connectivity index (χ1v) is 11.7. The summed E-state index contributed by atoms with van der Waals surface area (Å²) in [5.74, 6) is -0.435. The topological polar surface area (TPSA) is 110 Å². The normalized spacial score (nSPS) is 11.1. The lowest BCUT2D eigenvalue weighted by Gasteiger charge is -2.22. The summed E-state index contributed by atoms with van der Waals surface area (Å²) in [5, 5.41) is 14.2. The zero-order chi connectivity index (χ0) is 23.5. The number of amides is 1. The molecule has 32 heavy (non-hydrogen) atoms. The molecule has 3 aromatic carbocycles. The highest BCUT2D eigenvalue weighted by molar-refractivity contribution is 7.92. The molecule has 8 nitrogen and oxygen atoms in total. The second kappa shape index (κ2) is 9.37. The van der Waals surface area contributed by atoms with Crippen molar-refractivity contribution in [3.05, 3.63) is 98.6 Å². The molecule has 0 radical (unpaired) electrons. The van der Waals surface area contributed by atoms with Crippen LogP contribution in [-0.4, -0.2) is 25.5 Å². The molecule has 0 atom stereocenters. The van der Waals surface area contributed by atoms with Gasteiger partial charge in [-0.25, -0.2) is 8.42 Å². The van der Waals surface area contributed by atoms with Crippen LogP contribution in [0.15, 0.2) is 66.7 Å². The number of nitro benzene ring substituents is 1. The Morgan fingerprint density at radius 3 is 2.34 bits per heavy atom. The van der Waals surface area contributed by atoms with Gasteiger partial charge in [0.25, 0.3) is 11.6 Å². The first kappa shape index (κ1) is 23.2. The summed E-state index contributed by atoms with van der Waals surface area (Å²) in [4.78, 5) is 23.2. The Kier molecular flexibility index (Phi) is 6.81. The van der Waals surface area contributed by atoms with Crippen molar-refractivity contribution in [1.29, 1.82) is 0 Å². The number of hydrogen-bond acceptors (Lipinski definition) is 5. The van der Waals surface area contributed by atoms with E-state index in [0.717, 1.165) is 6.26 Å². The molecule has 0 spiro atoms. The van der Waals surface area contributed by atoms with E-state index in [1.807, 2.05) is 0 Å². The van der Waals surface area contributed by atoms with Crippen LogP contribution in [0.25, 0.3) is 0 Å². The van der Waals surface area contributed by atoms with Crippen molar-refractivity contribution in [2.45, 2.75) is 13.5 Å². The van der Waals surface area contributed by atoms with Gasteiger partial charge in [-0.2, -0.15) is 0 Å². The van der Waals surface area contributed by atoms with Crippen molar-refractivity contribution in [3.63, 3.8) is 0 Å². The Morgan fingerprint density at radius 1 is 1.09 bits per heavy atom. The van der Waals surface area contributed by atoms with Crippen molar-refractivity contribution >= 4 is 44.6 Å².